The van der Waals surface area contributed by atoms with Crippen LogP contribution < -0.4 is 9.62 Å². The van der Waals surface area contributed by atoms with Crippen LogP contribution in [0.4, 0.5) is 18.9 Å². The van der Waals surface area contributed by atoms with E-state index in [9.17, 15) is 27.3 Å². The quantitative estimate of drug-likeness (QED) is 0.571. The van der Waals surface area contributed by atoms with E-state index in [4.69, 9.17) is 0 Å². The third-order valence-electron chi connectivity index (χ3n) is 5.44. The Hall–Kier alpha value is -3.30. The molecule has 2 atom stereocenters. The molecular weight excluding hydrogens is 453 g/mol. The number of ketones is 1. The van der Waals surface area contributed by atoms with Gasteiger partial charge in [-0.05, 0) is 53.6 Å². The fourth-order valence-electron chi connectivity index (χ4n) is 3.63. The van der Waals surface area contributed by atoms with E-state index in [1.807, 2.05) is 0 Å². The maximum Gasteiger partial charge on any atom is 0.251 e. The summed E-state index contributed by atoms with van der Waals surface area (Å²) in [5.41, 5.74) is 1.91. The lowest BCUT2D eigenvalue weighted by molar-refractivity contribution is 0.0951. The van der Waals surface area contributed by atoms with Crippen LogP contribution in [0.2, 0.25) is 0 Å². The Bertz CT molecular complexity index is 1220. The molecule has 170 valence electrons. The van der Waals surface area contributed by atoms with Gasteiger partial charge < -0.3 is 9.87 Å². The number of nitrogens with zero attached hydrogens (tertiary/aromatic N) is 1. The number of fused-ring (bicyclic) bond motifs is 1. The Morgan fingerprint density at radius 3 is 2.39 bits per heavy atom. The first kappa shape index (κ1) is 22.9. The predicted octanol–water partition coefficient (Wildman–Crippen LogP) is 3.94. The van der Waals surface area contributed by atoms with Crippen molar-refractivity contribution in [1.82, 2.24) is 5.32 Å². The predicted molar refractivity (Wildman–Crippen MR) is 119 cm³/mol. The summed E-state index contributed by atoms with van der Waals surface area (Å²) in [6.45, 7) is 0.173. The van der Waals surface area contributed by atoms with Crippen molar-refractivity contribution in [3.8, 4) is 0 Å². The lowest BCUT2D eigenvalue weighted by atomic mass is 9.98. The van der Waals surface area contributed by atoms with Crippen LogP contribution in [-0.2, 0) is 24.3 Å². The zero-order valence-electron chi connectivity index (χ0n) is 17.5. The summed E-state index contributed by atoms with van der Waals surface area (Å²) < 4.78 is 54.2. The first-order chi connectivity index (χ1) is 15.7. The Balaban J connectivity index is 1.55. The second-order valence-electron chi connectivity index (χ2n) is 7.62. The number of benzene rings is 3. The Kier molecular flexibility index (Phi) is 6.44. The Morgan fingerprint density at radius 1 is 1.00 bits per heavy atom. The van der Waals surface area contributed by atoms with Gasteiger partial charge in [0, 0.05) is 18.5 Å². The topological polar surface area (TPSA) is 72.5 Å². The molecule has 0 aliphatic carbocycles. The highest BCUT2D eigenvalue weighted by molar-refractivity contribution is 7.94. The first-order valence-corrected chi connectivity index (χ1v) is 11.2. The third-order valence-corrected chi connectivity index (χ3v) is 7.04. The van der Waals surface area contributed by atoms with E-state index in [2.05, 4.69) is 5.32 Å². The SMILES string of the molecule is CN1c2ccc(C(=O)NCc3ccc(F)cc3)cc2C(=O)C(Cc2ccc(F)c(F)c2)[S+]1[O-]. The molecule has 0 radical (unpaired) electrons. The molecule has 0 aromatic heterocycles. The molecule has 1 aliphatic rings. The molecule has 0 spiro atoms. The lowest BCUT2D eigenvalue weighted by Gasteiger charge is -2.33. The minimum absolute atomic E-state index is 0.0482. The van der Waals surface area contributed by atoms with E-state index in [0.717, 1.165) is 12.1 Å². The number of hydrogen-bond acceptors (Lipinski definition) is 4. The highest BCUT2D eigenvalue weighted by atomic mass is 32.2. The number of Topliss-reactive ketones (excluding diaryl/α,β-unsaturated/α-hetero) is 1. The van der Waals surface area contributed by atoms with Gasteiger partial charge in [-0.1, -0.05) is 18.2 Å². The Morgan fingerprint density at radius 2 is 1.70 bits per heavy atom. The van der Waals surface area contributed by atoms with Gasteiger partial charge in [0.15, 0.2) is 11.6 Å². The van der Waals surface area contributed by atoms with Crippen molar-refractivity contribution < 1.29 is 27.3 Å². The number of hydrogen-bond donors (Lipinski definition) is 1. The third kappa shape index (κ3) is 4.74. The summed E-state index contributed by atoms with van der Waals surface area (Å²) >= 11 is -1.74. The summed E-state index contributed by atoms with van der Waals surface area (Å²) in [6, 6.07) is 13.5. The molecule has 3 aromatic rings. The number of rotatable bonds is 5. The number of anilines is 1. The highest BCUT2D eigenvalue weighted by Crippen LogP contribution is 2.34. The standard InChI is InChI=1S/C24H19F3N2O3S/c1-29-21-9-5-16(24(31)28-13-14-2-6-17(25)7-3-14)12-18(21)23(30)22(33(29)32)11-15-4-8-19(26)20(27)10-15/h2-10,12,22H,11,13H2,1H3,(H,28,31). The number of halogens is 3. The highest BCUT2D eigenvalue weighted by Gasteiger charge is 2.42. The molecule has 9 heteroatoms. The maximum absolute atomic E-state index is 13.6. The second-order valence-corrected chi connectivity index (χ2v) is 9.29. The van der Waals surface area contributed by atoms with Gasteiger partial charge in [0.2, 0.25) is 11.0 Å². The molecule has 0 fully saturated rings. The van der Waals surface area contributed by atoms with E-state index in [1.165, 1.54) is 34.6 Å². The number of carbonyl (C=O) groups is 2. The molecule has 5 nitrogen and oxygen atoms in total. The van der Waals surface area contributed by atoms with Crippen molar-refractivity contribution in [2.45, 2.75) is 18.2 Å². The molecular formula is C24H19F3N2O3S. The molecule has 33 heavy (non-hydrogen) atoms. The van der Waals surface area contributed by atoms with Crippen LogP contribution in [0.1, 0.15) is 31.8 Å². The molecule has 1 aliphatic heterocycles. The summed E-state index contributed by atoms with van der Waals surface area (Å²) in [6.07, 6.45) is -0.0482. The van der Waals surface area contributed by atoms with Gasteiger partial charge in [0.05, 0.1) is 29.7 Å². The second kappa shape index (κ2) is 9.29. The van der Waals surface area contributed by atoms with Crippen molar-refractivity contribution in [1.29, 1.82) is 0 Å². The fourth-order valence-corrected chi connectivity index (χ4v) is 5.01. The normalized spacial score (nSPS) is 17.6. The summed E-state index contributed by atoms with van der Waals surface area (Å²) in [7, 11) is 1.56. The zero-order chi connectivity index (χ0) is 23.7. The van der Waals surface area contributed by atoms with Gasteiger partial charge in [-0.15, -0.1) is 0 Å². The first-order valence-electron chi connectivity index (χ1n) is 10.0. The monoisotopic (exact) mass is 472 g/mol. The van der Waals surface area contributed by atoms with Crippen molar-refractivity contribution in [2.24, 2.45) is 0 Å². The van der Waals surface area contributed by atoms with Crippen LogP contribution in [-0.4, -0.2) is 28.5 Å². The molecule has 1 N–H and O–H groups in total. The van der Waals surface area contributed by atoms with E-state index in [-0.39, 0.29) is 29.9 Å². The average Bonchev–Trinajstić information content (AvgIpc) is 2.81. The largest absolute Gasteiger partial charge is 0.592 e. The van der Waals surface area contributed by atoms with E-state index in [0.29, 0.717) is 16.8 Å². The van der Waals surface area contributed by atoms with Crippen LogP contribution in [0.5, 0.6) is 0 Å². The fraction of sp³-hybridized carbons (Fsp3) is 0.167. The van der Waals surface area contributed by atoms with Crippen LogP contribution in [0.3, 0.4) is 0 Å². The van der Waals surface area contributed by atoms with Gasteiger partial charge in [-0.2, -0.15) is 4.31 Å². The van der Waals surface area contributed by atoms with Crippen molar-refractivity contribution in [3.05, 3.63) is 100 Å². The molecule has 1 amide bonds. The average molecular weight is 472 g/mol. The van der Waals surface area contributed by atoms with Gasteiger partial charge in [-0.3, -0.25) is 9.59 Å². The van der Waals surface area contributed by atoms with Crippen LogP contribution in [0, 0.1) is 17.5 Å². The minimum Gasteiger partial charge on any atom is -0.592 e. The van der Waals surface area contributed by atoms with Crippen molar-refractivity contribution in [3.63, 3.8) is 0 Å². The summed E-state index contributed by atoms with van der Waals surface area (Å²) in [5, 5.41) is 1.71. The molecule has 0 saturated carbocycles. The van der Waals surface area contributed by atoms with Gasteiger partial charge in [0.25, 0.3) is 5.91 Å². The number of amides is 1. The van der Waals surface area contributed by atoms with Gasteiger partial charge in [-0.25, -0.2) is 13.2 Å². The maximum atomic E-state index is 13.6. The summed E-state index contributed by atoms with van der Waals surface area (Å²) in [5.74, 6) is -3.30. The Labute approximate surface area is 191 Å². The van der Waals surface area contributed by atoms with Gasteiger partial charge in [0.1, 0.15) is 5.82 Å². The molecule has 3 aromatic carbocycles. The number of nitrogens with one attached hydrogen (secondary N) is 1. The van der Waals surface area contributed by atoms with E-state index >= 15 is 0 Å². The van der Waals surface area contributed by atoms with Crippen LogP contribution in [0.25, 0.3) is 0 Å². The van der Waals surface area contributed by atoms with Gasteiger partial charge >= 0.3 is 0 Å². The minimum atomic E-state index is -1.74. The molecule has 2 unspecified atom stereocenters. The zero-order valence-corrected chi connectivity index (χ0v) is 18.3. The van der Waals surface area contributed by atoms with Crippen LogP contribution >= 0.6 is 0 Å². The molecule has 1 heterocycles. The molecule has 0 saturated heterocycles. The van der Waals surface area contributed by atoms with Crippen LogP contribution in [0.15, 0.2) is 60.7 Å². The van der Waals surface area contributed by atoms with Crippen molar-refractivity contribution >= 4 is 28.7 Å². The lowest BCUT2D eigenvalue weighted by Crippen LogP contribution is -2.47. The number of carbonyl (C=O) groups excluding carboxylic acids is 2. The molecule has 0 bridgehead atoms. The smallest absolute Gasteiger partial charge is 0.251 e. The summed E-state index contributed by atoms with van der Waals surface area (Å²) in [4.78, 5) is 25.8. The van der Waals surface area contributed by atoms with Crippen molar-refractivity contribution in [2.75, 3.05) is 11.4 Å². The molecule has 4 rings (SSSR count). The van der Waals surface area contributed by atoms with E-state index in [1.54, 1.807) is 25.2 Å². The van der Waals surface area contributed by atoms with E-state index < -0.39 is 39.9 Å².